The summed E-state index contributed by atoms with van der Waals surface area (Å²) >= 11 is 0. The minimum absolute atomic E-state index is 0.0301. The summed E-state index contributed by atoms with van der Waals surface area (Å²) in [4.78, 5) is 18.3. The molecule has 0 aromatic carbocycles. The summed E-state index contributed by atoms with van der Waals surface area (Å²) in [6.45, 7) is 4.00. The van der Waals surface area contributed by atoms with Gasteiger partial charge in [0.1, 0.15) is 5.69 Å². The predicted octanol–water partition coefficient (Wildman–Crippen LogP) is 1.04. The van der Waals surface area contributed by atoms with E-state index in [0.29, 0.717) is 24.7 Å². The van der Waals surface area contributed by atoms with E-state index < -0.39 is 0 Å². The first kappa shape index (κ1) is 14.0. The van der Waals surface area contributed by atoms with Gasteiger partial charge in [-0.3, -0.25) is 9.78 Å². The molecule has 0 saturated carbocycles. The molecule has 5 nitrogen and oxygen atoms in total. The van der Waals surface area contributed by atoms with Gasteiger partial charge in [-0.15, -0.1) is 0 Å². The molecule has 5 heteroatoms. The number of rotatable bonds is 3. The Balaban J connectivity index is 2.06. The molecule has 19 heavy (non-hydrogen) atoms. The van der Waals surface area contributed by atoms with Crippen LogP contribution < -0.4 is 5.73 Å². The summed E-state index contributed by atoms with van der Waals surface area (Å²) in [7, 11) is 1.70. The van der Waals surface area contributed by atoms with Crippen LogP contribution in [-0.2, 0) is 11.3 Å². The maximum Gasteiger partial charge on any atom is 0.272 e. The third-order valence-corrected chi connectivity index (χ3v) is 3.76. The maximum absolute atomic E-state index is 12.3. The minimum Gasteiger partial charge on any atom is -0.379 e. The molecule has 1 saturated heterocycles. The van der Waals surface area contributed by atoms with Gasteiger partial charge >= 0.3 is 0 Å². The Labute approximate surface area is 113 Å². The van der Waals surface area contributed by atoms with Crippen LogP contribution in [0.2, 0.25) is 0 Å². The van der Waals surface area contributed by atoms with Gasteiger partial charge in [0, 0.05) is 32.9 Å². The highest BCUT2D eigenvalue weighted by Gasteiger charge is 2.29. The number of nitrogens with two attached hydrogens (primary N) is 1. The van der Waals surface area contributed by atoms with Crippen molar-refractivity contribution in [1.82, 2.24) is 9.88 Å². The van der Waals surface area contributed by atoms with E-state index in [-0.39, 0.29) is 12.0 Å². The van der Waals surface area contributed by atoms with Crippen molar-refractivity contribution in [3.05, 3.63) is 29.6 Å². The van der Waals surface area contributed by atoms with Crippen LogP contribution in [0.25, 0.3) is 0 Å². The summed E-state index contributed by atoms with van der Waals surface area (Å²) in [5.74, 6) is 0.458. The molecule has 1 aliphatic heterocycles. The van der Waals surface area contributed by atoms with E-state index in [0.717, 1.165) is 18.5 Å². The van der Waals surface area contributed by atoms with Gasteiger partial charge < -0.3 is 15.4 Å². The fraction of sp³-hybridized carbons (Fsp3) is 0.571. The second-order valence-electron chi connectivity index (χ2n) is 5.05. The molecule has 1 fully saturated rings. The van der Waals surface area contributed by atoms with Gasteiger partial charge in [0.2, 0.25) is 0 Å². The molecule has 1 amide bonds. The Hall–Kier alpha value is -1.46. The highest BCUT2D eigenvalue weighted by molar-refractivity contribution is 5.92. The number of aromatic nitrogens is 1. The lowest BCUT2D eigenvalue weighted by Gasteiger charge is -2.36. The first-order valence-corrected chi connectivity index (χ1v) is 6.62. The molecule has 2 heterocycles. The fourth-order valence-electron chi connectivity index (χ4n) is 2.36. The first-order chi connectivity index (χ1) is 9.15. The van der Waals surface area contributed by atoms with Crippen LogP contribution in [0.5, 0.6) is 0 Å². The first-order valence-electron chi connectivity index (χ1n) is 6.62. The van der Waals surface area contributed by atoms with E-state index in [2.05, 4.69) is 11.9 Å². The molecule has 2 unspecified atom stereocenters. The number of hydrogen-bond acceptors (Lipinski definition) is 4. The molecule has 2 rings (SSSR count). The Bertz CT molecular complexity index is 433. The Morgan fingerprint density at radius 2 is 2.37 bits per heavy atom. The number of methoxy groups -OCH3 is 1. The van der Waals surface area contributed by atoms with Crippen molar-refractivity contribution in [3.8, 4) is 0 Å². The fourth-order valence-corrected chi connectivity index (χ4v) is 2.36. The van der Waals surface area contributed by atoms with Crippen LogP contribution in [0.3, 0.4) is 0 Å². The van der Waals surface area contributed by atoms with Gasteiger partial charge in [0.15, 0.2) is 0 Å². The van der Waals surface area contributed by atoms with Crippen LogP contribution in [0, 0.1) is 5.92 Å². The summed E-state index contributed by atoms with van der Waals surface area (Å²) in [6.07, 6.45) is 2.74. The molecule has 0 aliphatic carbocycles. The van der Waals surface area contributed by atoms with Crippen LogP contribution in [-0.4, -0.2) is 42.1 Å². The summed E-state index contributed by atoms with van der Waals surface area (Å²) in [6, 6.07) is 3.59. The highest BCUT2D eigenvalue weighted by Crippen LogP contribution is 2.20. The smallest absolute Gasteiger partial charge is 0.272 e. The highest BCUT2D eigenvalue weighted by atomic mass is 16.5. The summed E-state index contributed by atoms with van der Waals surface area (Å²) in [5.41, 5.74) is 6.92. The minimum atomic E-state index is -0.0301. The topological polar surface area (TPSA) is 68.5 Å². The zero-order chi connectivity index (χ0) is 13.8. The van der Waals surface area contributed by atoms with E-state index in [1.165, 1.54) is 0 Å². The van der Waals surface area contributed by atoms with Crippen molar-refractivity contribution in [2.45, 2.75) is 26.0 Å². The second kappa shape index (κ2) is 6.12. The Morgan fingerprint density at radius 1 is 1.58 bits per heavy atom. The van der Waals surface area contributed by atoms with Crippen molar-refractivity contribution in [3.63, 3.8) is 0 Å². The lowest BCUT2D eigenvalue weighted by Crippen LogP contribution is -2.46. The number of ether oxygens (including phenoxy) is 1. The molecule has 0 radical (unpaired) electrons. The maximum atomic E-state index is 12.3. The number of likely N-dealkylation sites (tertiary alicyclic amines) is 1. The molecule has 0 bridgehead atoms. The van der Waals surface area contributed by atoms with Crippen LogP contribution in [0.15, 0.2) is 18.3 Å². The Kier molecular flexibility index (Phi) is 4.50. The average Bonchev–Trinajstić information content (AvgIpc) is 2.47. The SMILES string of the molecule is COC1CN(C(=O)c2ccc(CN)cn2)CCC1C. The monoisotopic (exact) mass is 263 g/mol. The predicted molar refractivity (Wildman–Crippen MR) is 72.6 cm³/mol. The van der Waals surface area contributed by atoms with Crippen LogP contribution in [0.1, 0.15) is 29.4 Å². The van der Waals surface area contributed by atoms with Gasteiger partial charge in [-0.25, -0.2) is 0 Å². The molecule has 104 valence electrons. The zero-order valence-electron chi connectivity index (χ0n) is 11.5. The summed E-state index contributed by atoms with van der Waals surface area (Å²) < 4.78 is 5.43. The standard InChI is InChI=1S/C14H21N3O2/c1-10-5-6-17(9-13(10)19-2)14(18)12-4-3-11(7-15)8-16-12/h3-4,8,10,13H,5-7,9,15H2,1-2H3. The molecule has 0 spiro atoms. The zero-order valence-corrected chi connectivity index (χ0v) is 11.5. The van der Waals surface area contributed by atoms with E-state index in [9.17, 15) is 4.79 Å². The third-order valence-electron chi connectivity index (χ3n) is 3.76. The molecule has 1 aromatic rings. The lowest BCUT2D eigenvalue weighted by atomic mass is 9.95. The van der Waals surface area contributed by atoms with Crippen molar-refractivity contribution in [1.29, 1.82) is 0 Å². The van der Waals surface area contributed by atoms with Gasteiger partial charge in [-0.1, -0.05) is 13.0 Å². The molecular formula is C14H21N3O2. The average molecular weight is 263 g/mol. The van der Waals surface area contributed by atoms with Crippen molar-refractivity contribution < 1.29 is 9.53 Å². The Morgan fingerprint density at radius 3 is 2.95 bits per heavy atom. The van der Waals surface area contributed by atoms with Crippen molar-refractivity contribution >= 4 is 5.91 Å². The van der Waals surface area contributed by atoms with Crippen molar-refractivity contribution in [2.75, 3.05) is 20.2 Å². The van der Waals surface area contributed by atoms with E-state index >= 15 is 0 Å². The number of piperidine rings is 1. The van der Waals surface area contributed by atoms with E-state index in [4.69, 9.17) is 10.5 Å². The largest absolute Gasteiger partial charge is 0.379 e. The number of pyridine rings is 1. The van der Waals surface area contributed by atoms with Crippen LogP contribution in [0.4, 0.5) is 0 Å². The normalized spacial score (nSPS) is 23.4. The number of carbonyl (C=O) groups is 1. The molecule has 1 aliphatic rings. The third kappa shape index (κ3) is 3.11. The number of hydrogen-bond donors (Lipinski definition) is 1. The van der Waals surface area contributed by atoms with Gasteiger partial charge in [-0.2, -0.15) is 0 Å². The van der Waals surface area contributed by atoms with Gasteiger partial charge in [0.25, 0.3) is 5.91 Å². The number of carbonyl (C=O) groups excluding carboxylic acids is 1. The number of nitrogens with zero attached hydrogens (tertiary/aromatic N) is 2. The van der Waals surface area contributed by atoms with Gasteiger partial charge in [0.05, 0.1) is 6.10 Å². The van der Waals surface area contributed by atoms with E-state index in [1.54, 1.807) is 19.4 Å². The number of amides is 1. The molecule has 2 atom stereocenters. The van der Waals surface area contributed by atoms with Crippen molar-refractivity contribution in [2.24, 2.45) is 11.7 Å². The quantitative estimate of drug-likeness (QED) is 0.884. The van der Waals surface area contributed by atoms with E-state index in [1.807, 2.05) is 11.0 Å². The molecule has 2 N–H and O–H groups in total. The van der Waals surface area contributed by atoms with Gasteiger partial charge in [-0.05, 0) is 24.0 Å². The van der Waals surface area contributed by atoms with Crippen LogP contribution >= 0.6 is 0 Å². The lowest BCUT2D eigenvalue weighted by molar-refractivity contribution is -0.00177. The molecular weight excluding hydrogens is 242 g/mol. The molecule has 1 aromatic heterocycles. The summed E-state index contributed by atoms with van der Waals surface area (Å²) in [5, 5.41) is 0. The second-order valence-corrected chi connectivity index (χ2v) is 5.05.